The van der Waals surface area contributed by atoms with Crippen LogP contribution >= 0.6 is 0 Å². The molecule has 0 unspecified atom stereocenters. The quantitative estimate of drug-likeness (QED) is 0.361. The van der Waals surface area contributed by atoms with Crippen molar-refractivity contribution < 1.29 is 18.0 Å². The van der Waals surface area contributed by atoms with Crippen molar-refractivity contribution in [2.75, 3.05) is 0 Å². The predicted molar refractivity (Wildman–Crippen MR) is 129 cm³/mol. The SMILES string of the molecule is O=C(NCc1cccc(-c2c[nH]c3nccc(F)c23)c1)c1cccn(Cc2ccc(F)c(F)c2)c1=O. The van der Waals surface area contributed by atoms with Crippen molar-refractivity contribution in [3.05, 3.63) is 124 Å². The highest BCUT2D eigenvalue weighted by atomic mass is 19.2. The lowest BCUT2D eigenvalue weighted by Crippen LogP contribution is -2.32. The Morgan fingerprint density at radius 3 is 2.64 bits per heavy atom. The van der Waals surface area contributed by atoms with E-state index in [1.807, 2.05) is 12.1 Å². The van der Waals surface area contributed by atoms with Crippen LogP contribution in [0, 0.1) is 17.5 Å². The number of aromatic nitrogens is 3. The Kier molecular flexibility index (Phi) is 6.12. The van der Waals surface area contributed by atoms with Crippen LogP contribution in [0.4, 0.5) is 13.2 Å². The van der Waals surface area contributed by atoms with Crippen molar-refractivity contribution in [3.63, 3.8) is 0 Å². The number of aromatic amines is 1. The van der Waals surface area contributed by atoms with Crippen molar-refractivity contribution >= 4 is 16.9 Å². The minimum Gasteiger partial charge on any atom is -0.348 e. The van der Waals surface area contributed by atoms with Crippen LogP contribution in [0.15, 0.2) is 84.0 Å². The number of amides is 1. The van der Waals surface area contributed by atoms with E-state index >= 15 is 0 Å². The number of nitrogens with one attached hydrogen (secondary N) is 2. The maximum absolute atomic E-state index is 14.4. The van der Waals surface area contributed by atoms with Gasteiger partial charge in [0.05, 0.1) is 11.9 Å². The summed E-state index contributed by atoms with van der Waals surface area (Å²) in [6.45, 7) is 0.114. The molecule has 0 aliphatic carbocycles. The van der Waals surface area contributed by atoms with Gasteiger partial charge in [0.25, 0.3) is 11.5 Å². The maximum atomic E-state index is 14.4. The first-order chi connectivity index (χ1) is 17.4. The Morgan fingerprint density at radius 1 is 0.944 bits per heavy atom. The topological polar surface area (TPSA) is 79.8 Å². The van der Waals surface area contributed by atoms with Crippen LogP contribution in [0.5, 0.6) is 0 Å². The summed E-state index contributed by atoms with van der Waals surface area (Å²) in [5.74, 6) is -2.95. The number of halogens is 3. The predicted octanol–water partition coefficient (Wildman–Crippen LogP) is 4.79. The largest absolute Gasteiger partial charge is 0.348 e. The summed E-state index contributed by atoms with van der Waals surface area (Å²) in [5, 5.41) is 3.11. The fourth-order valence-electron chi connectivity index (χ4n) is 4.04. The molecule has 2 N–H and O–H groups in total. The van der Waals surface area contributed by atoms with Gasteiger partial charge in [-0.05, 0) is 53.1 Å². The molecule has 6 nitrogen and oxygen atoms in total. The molecular weight excluding hydrogens is 469 g/mol. The van der Waals surface area contributed by atoms with Gasteiger partial charge in [0.2, 0.25) is 0 Å². The second kappa shape index (κ2) is 9.53. The van der Waals surface area contributed by atoms with Crippen LogP contribution in [-0.4, -0.2) is 20.4 Å². The number of hydrogen-bond acceptors (Lipinski definition) is 3. The van der Waals surface area contributed by atoms with Gasteiger partial charge in [-0.15, -0.1) is 0 Å². The van der Waals surface area contributed by atoms with Gasteiger partial charge in [-0.3, -0.25) is 9.59 Å². The van der Waals surface area contributed by atoms with E-state index in [1.165, 1.54) is 41.2 Å². The van der Waals surface area contributed by atoms with E-state index < -0.39 is 28.9 Å². The summed E-state index contributed by atoms with van der Waals surface area (Å²) in [5.41, 5.74) is 2.32. The molecule has 0 fully saturated rings. The van der Waals surface area contributed by atoms with Crippen LogP contribution in [0.2, 0.25) is 0 Å². The van der Waals surface area contributed by atoms with E-state index in [2.05, 4.69) is 15.3 Å². The molecule has 3 aromatic heterocycles. The number of nitrogens with zero attached hydrogens (tertiary/aromatic N) is 2. The zero-order valence-electron chi connectivity index (χ0n) is 18.8. The molecule has 2 aromatic carbocycles. The Balaban J connectivity index is 1.33. The van der Waals surface area contributed by atoms with Crippen molar-refractivity contribution in [1.82, 2.24) is 19.9 Å². The lowest BCUT2D eigenvalue weighted by Gasteiger charge is -2.10. The van der Waals surface area contributed by atoms with Gasteiger partial charge < -0.3 is 14.9 Å². The van der Waals surface area contributed by atoms with Gasteiger partial charge in [-0.1, -0.05) is 24.3 Å². The maximum Gasteiger partial charge on any atom is 0.263 e. The van der Waals surface area contributed by atoms with Gasteiger partial charge in [0.1, 0.15) is 17.0 Å². The molecule has 36 heavy (non-hydrogen) atoms. The molecular formula is C27H19F3N4O2. The first kappa shape index (κ1) is 23.1. The lowest BCUT2D eigenvalue weighted by atomic mass is 10.0. The van der Waals surface area contributed by atoms with Crippen LogP contribution < -0.4 is 10.9 Å². The zero-order valence-corrected chi connectivity index (χ0v) is 18.8. The molecule has 0 aliphatic heterocycles. The lowest BCUT2D eigenvalue weighted by molar-refractivity contribution is 0.0948. The number of fused-ring (bicyclic) bond motifs is 1. The second-order valence-electron chi connectivity index (χ2n) is 8.21. The third kappa shape index (κ3) is 4.50. The summed E-state index contributed by atoms with van der Waals surface area (Å²) in [4.78, 5) is 32.7. The minimum absolute atomic E-state index is 0.0186. The zero-order chi connectivity index (χ0) is 25.2. The number of hydrogen-bond donors (Lipinski definition) is 2. The van der Waals surface area contributed by atoms with Gasteiger partial charge in [-0.2, -0.15) is 0 Å². The van der Waals surface area contributed by atoms with Crippen molar-refractivity contribution in [1.29, 1.82) is 0 Å². The van der Waals surface area contributed by atoms with E-state index in [4.69, 9.17) is 0 Å². The van der Waals surface area contributed by atoms with Crippen molar-refractivity contribution in [3.8, 4) is 11.1 Å². The van der Waals surface area contributed by atoms with Gasteiger partial charge >= 0.3 is 0 Å². The smallest absolute Gasteiger partial charge is 0.263 e. The van der Waals surface area contributed by atoms with Crippen molar-refractivity contribution in [2.24, 2.45) is 0 Å². The number of carbonyl (C=O) groups excluding carboxylic acids is 1. The van der Waals surface area contributed by atoms with Crippen LogP contribution in [0.3, 0.4) is 0 Å². The van der Waals surface area contributed by atoms with Gasteiger partial charge in [0.15, 0.2) is 11.6 Å². The molecule has 0 atom stereocenters. The fraction of sp³-hybridized carbons (Fsp3) is 0.0741. The third-order valence-corrected chi connectivity index (χ3v) is 5.82. The highest BCUT2D eigenvalue weighted by Gasteiger charge is 2.14. The molecule has 180 valence electrons. The monoisotopic (exact) mass is 488 g/mol. The van der Waals surface area contributed by atoms with E-state index in [-0.39, 0.29) is 18.7 Å². The molecule has 9 heteroatoms. The molecule has 0 bridgehead atoms. The Labute approximate surface area is 203 Å². The molecule has 0 saturated carbocycles. The highest BCUT2D eigenvalue weighted by Crippen LogP contribution is 2.30. The summed E-state index contributed by atoms with van der Waals surface area (Å²) in [7, 11) is 0. The molecule has 3 heterocycles. The standard InChI is InChI=1S/C27H19F3N4O2/c28-21-7-6-17(12-23(21)30)15-34-10-2-5-19(27(34)36)26(35)33-13-16-3-1-4-18(11-16)20-14-32-25-24(20)22(29)8-9-31-25/h1-12,14H,13,15H2,(H,31,32)(H,33,35). The summed E-state index contributed by atoms with van der Waals surface area (Å²) >= 11 is 0. The molecule has 0 radical (unpaired) electrons. The van der Waals surface area contributed by atoms with Gasteiger partial charge in [-0.25, -0.2) is 18.2 Å². The van der Waals surface area contributed by atoms with Crippen LogP contribution in [0.25, 0.3) is 22.2 Å². The third-order valence-electron chi connectivity index (χ3n) is 5.82. The minimum atomic E-state index is -1.01. The number of benzene rings is 2. The first-order valence-corrected chi connectivity index (χ1v) is 11.0. The van der Waals surface area contributed by atoms with Crippen LogP contribution in [0.1, 0.15) is 21.5 Å². The first-order valence-electron chi connectivity index (χ1n) is 11.0. The van der Waals surface area contributed by atoms with Crippen molar-refractivity contribution in [2.45, 2.75) is 13.1 Å². The average molecular weight is 488 g/mol. The number of rotatable bonds is 6. The summed E-state index contributed by atoms with van der Waals surface area (Å²) in [6, 6.07) is 14.9. The average Bonchev–Trinajstić information content (AvgIpc) is 3.32. The molecule has 0 saturated heterocycles. The molecule has 0 spiro atoms. The van der Waals surface area contributed by atoms with Gasteiger partial charge in [0, 0.05) is 30.7 Å². The number of H-pyrrole nitrogens is 1. The van der Waals surface area contributed by atoms with E-state index in [0.29, 0.717) is 22.2 Å². The highest BCUT2D eigenvalue weighted by molar-refractivity contribution is 5.95. The van der Waals surface area contributed by atoms with E-state index in [1.54, 1.807) is 18.3 Å². The number of pyridine rings is 2. The number of carbonyl (C=O) groups is 1. The Bertz CT molecular complexity index is 1660. The molecule has 5 aromatic rings. The van der Waals surface area contributed by atoms with E-state index in [9.17, 15) is 22.8 Å². The second-order valence-corrected chi connectivity index (χ2v) is 8.21. The molecule has 1 amide bonds. The van der Waals surface area contributed by atoms with Crippen LogP contribution in [-0.2, 0) is 13.1 Å². The normalized spacial score (nSPS) is 11.1. The molecule has 5 rings (SSSR count). The summed E-state index contributed by atoms with van der Waals surface area (Å²) < 4.78 is 42.3. The van der Waals surface area contributed by atoms with E-state index in [0.717, 1.165) is 23.3 Å². The Hall–Kier alpha value is -4.66. The molecule has 0 aliphatic rings. The Morgan fingerprint density at radius 2 is 1.81 bits per heavy atom. The fourth-order valence-corrected chi connectivity index (χ4v) is 4.04. The summed E-state index contributed by atoms with van der Waals surface area (Å²) in [6.07, 6.45) is 4.54.